The molecule has 0 atom stereocenters. The second-order valence-electron chi connectivity index (χ2n) is 5.53. The van der Waals surface area contributed by atoms with E-state index in [0.717, 1.165) is 18.5 Å². The van der Waals surface area contributed by atoms with Crippen LogP contribution in [0, 0.1) is 5.41 Å². The van der Waals surface area contributed by atoms with Gasteiger partial charge in [-0.05, 0) is 18.4 Å². The summed E-state index contributed by atoms with van der Waals surface area (Å²) in [4.78, 5) is 0. The topological polar surface area (TPSA) is 9.23 Å². The highest BCUT2D eigenvalue weighted by molar-refractivity contribution is 9.09. The number of benzene rings is 1. The second-order valence-corrected chi connectivity index (χ2v) is 6.09. The van der Waals surface area contributed by atoms with Gasteiger partial charge in [0.2, 0.25) is 0 Å². The van der Waals surface area contributed by atoms with E-state index in [9.17, 15) is 0 Å². The molecule has 2 rings (SSSR count). The minimum absolute atomic E-state index is 0.380. The second kappa shape index (κ2) is 7.30. The average molecular weight is 311 g/mol. The van der Waals surface area contributed by atoms with Crippen molar-refractivity contribution >= 4 is 15.9 Å². The molecule has 0 aromatic heterocycles. The molecule has 100 valence electrons. The highest BCUT2D eigenvalue weighted by Gasteiger charge is 2.30. The van der Waals surface area contributed by atoms with Crippen LogP contribution < -0.4 is 0 Å². The van der Waals surface area contributed by atoms with Gasteiger partial charge < -0.3 is 4.74 Å². The first kappa shape index (κ1) is 14.1. The van der Waals surface area contributed by atoms with Crippen molar-refractivity contribution in [3.63, 3.8) is 0 Å². The van der Waals surface area contributed by atoms with Crippen LogP contribution in [0.3, 0.4) is 0 Å². The fourth-order valence-electron chi connectivity index (χ4n) is 2.75. The Morgan fingerprint density at radius 1 is 1.00 bits per heavy atom. The molecule has 0 spiro atoms. The summed E-state index contributed by atoms with van der Waals surface area (Å²) >= 11 is 3.71. The molecule has 0 aliphatic heterocycles. The van der Waals surface area contributed by atoms with E-state index in [0.29, 0.717) is 5.41 Å². The fourth-order valence-corrected chi connectivity index (χ4v) is 3.48. The lowest BCUT2D eigenvalue weighted by atomic mass is 9.83. The summed E-state index contributed by atoms with van der Waals surface area (Å²) < 4.78 is 5.98. The van der Waals surface area contributed by atoms with E-state index < -0.39 is 0 Å². The van der Waals surface area contributed by atoms with Crippen molar-refractivity contribution in [1.29, 1.82) is 0 Å². The quantitative estimate of drug-likeness (QED) is 0.553. The van der Waals surface area contributed by atoms with Gasteiger partial charge >= 0.3 is 0 Å². The van der Waals surface area contributed by atoms with Gasteiger partial charge in [0.05, 0.1) is 13.2 Å². The number of rotatable bonds is 5. The summed E-state index contributed by atoms with van der Waals surface area (Å²) in [5.74, 6) is 0. The van der Waals surface area contributed by atoms with Crippen LogP contribution in [0.1, 0.15) is 44.1 Å². The van der Waals surface area contributed by atoms with Crippen molar-refractivity contribution < 1.29 is 4.74 Å². The lowest BCUT2D eigenvalue weighted by Crippen LogP contribution is -2.28. The molecule has 0 unspecified atom stereocenters. The maximum absolute atomic E-state index is 5.98. The molecule has 18 heavy (non-hydrogen) atoms. The minimum atomic E-state index is 0.380. The number of ether oxygens (including phenoxy) is 1. The zero-order valence-corrected chi connectivity index (χ0v) is 12.6. The van der Waals surface area contributed by atoms with Gasteiger partial charge in [-0.3, -0.25) is 0 Å². The number of hydrogen-bond donors (Lipinski definition) is 0. The van der Waals surface area contributed by atoms with E-state index in [2.05, 4.69) is 46.3 Å². The molecule has 0 saturated heterocycles. The van der Waals surface area contributed by atoms with Crippen LogP contribution in [0.25, 0.3) is 0 Å². The zero-order chi connectivity index (χ0) is 12.7. The molecule has 0 bridgehead atoms. The summed E-state index contributed by atoms with van der Waals surface area (Å²) in [7, 11) is 0. The fraction of sp³-hybridized carbons (Fsp3) is 0.625. The smallest absolute Gasteiger partial charge is 0.0717 e. The van der Waals surface area contributed by atoms with Crippen molar-refractivity contribution in [2.45, 2.75) is 45.1 Å². The van der Waals surface area contributed by atoms with Gasteiger partial charge in [0.15, 0.2) is 0 Å². The van der Waals surface area contributed by atoms with E-state index in [1.54, 1.807) is 0 Å². The van der Waals surface area contributed by atoms with E-state index >= 15 is 0 Å². The molecule has 1 aromatic carbocycles. The molecule has 1 saturated carbocycles. The third kappa shape index (κ3) is 4.10. The molecular formula is C16H23BrO. The van der Waals surface area contributed by atoms with Crippen molar-refractivity contribution in [3.8, 4) is 0 Å². The van der Waals surface area contributed by atoms with Crippen LogP contribution in [0.4, 0.5) is 0 Å². The number of halogens is 1. The molecule has 1 aliphatic rings. The lowest BCUT2D eigenvalue weighted by molar-refractivity contribution is 0.0374. The van der Waals surface area contributed by atoms with Crippen LogP contribution in [0.5, 0.6) is 0 Å². The Kier molecular flexibility index (Phi) is 5.71. The molecule has 0 amide bonds. The first-order chi connectivity index (χ1) is 8.85. The van der Waals surface area contributed by atoms with Gasteiger partial charge in [0, 0.05) is 10.7 Å². The highest BCUT2D eigenvalue weighted by atomic mass is 79.9. The molecule has 0 heterocycles. The molecule has 1 aromatic rings. The Bertz CT molecular complexity index is 328. The van der Waals surface area contributed by atoms with Crippen LogP contribution in [-0.2, 0) is 11.3 Å². The lowest BCUT2D eigenvalue weighted by Gasteiger charge is -2.30. The van der Waals surface area contributed by atoms with Gasteiger partial charge in [-0.2, -0.15) is 0 Å². The first-order valence-electron chi connectivity index (χ1n) is 7.02. The SMILES string of the molecule is BrCC1(COCc2ccccc2)CCCCCC1. The van der Waals surface area contributed by atoms with Crippen LogP contribution in [0.2, 0.25) is 0 Å². The normalized spacial score (nSPS) is 19.4. The predicted molar refractivity (Wildman–Crippen MR) is 80.0 cm³/mol. The van der Waals surface area contributed by atoms with Crippen LogP contribution in [0.15, 0.2) is 30.3 Å². The monoisotopic (exact) mass is 310 g/mol. The van der Waals surface area contributed by atoms with Gasteiger partial charge in [-0.25, -0.2) is 0 Å². The Morgan fingerprint density at radius 2 is 1.67 bits per heavy atom. The van der Waals surface area contributed by atoms with E-state index in [4.69, 9.17) is 4.74 Å². The maximum Gasteiger partial charge on any atom is 0.0717 e. The number of alkyl halides is 1. The third-order valence-electron chi connectivity index (χ3n) is 3.97. The molecule has 0 radical (unpaired) electrons. The maximum atomic E-state index is 5.98. The van der Waals surface area contributed by atoms with Gasteiger partial charge in [-0.1, -0.05) is 71.9 Å². The summed E-state index contributed by atoms with van der Waals surface area (Å²) in [6, 6.07) is 10.5. The Balaban J connectivity index is 1.83. The van der Waals surface area contributed by atoms with Crippen molar-refractivity contribution in [1.82, 2.24) is 0 Å². The molecule has 2 heteroatoms. The Labute approximate surface area is 119 Å². The van der Waals surface area contributed by atoms with E-state index in [-0.39, 0.29) is 0 Å². The summed E-state index contributed by atoms with van der Waals surface area (Å²) in [5, 5.41) is 1.08. The Hall–Kier alpha value is -0.340. The average Bonchev–Trinajstić information content (AvgIpc) is 2.66. The predicted octanol–water partition coefficient (Wildman–Crippen LogP) is 4.94. The largest absolute Gasteiger partial charge is 0.376 e. The van der Waals surface area contributed by atoms with Crippen LogP contribution >= 0.6 is 15.9 Å². The first-order valence-corrected chi connectivity index (χ1v) is 8.14. The highest BCUT2D eigenvalue weighted by Crippen LogP contribution is 2.37. The van der Waals surface area contributed by atoms with E-state index in [1.165, 1.54) is 44.1 Å². The van der Waals surface area contributed by atoms with E-state index in [1.807, 2.05) is 0 Å². The van der Waals surface area contributed by atoms with Gasteiger partial charge in [-0.15, -0.1) is 0 Å². The van der Waals surface area contributed by atoms with Gasteiger partial charge in [0.25, 0.3) is 0 Å². The van der Waals surface area contributed by atoms with Crippen molar-refractivity contribution in [2.24, 2.45) is 5.41 Å². The van der Waals surface area contributed by atoms with Crippen molar-refractivity contribution in [3.05, 3.63) is 35.9 Å². The Morgan fingerprint density at radius 3 is 2.28 bits per heavy atom. The van der Waals surface area contributed by atoms with Crippen LogP contribution in [-0.4, -0.2) is 11.9 Å². The van der Waals surface area contributed by atoms with Gasteiger partial charge in [0.1, 0.15) is 0 Å². The summed E-state index contributed by atoms with van der Waals surface area (Å²) in [5.41, 5.74) is 1.65. The summed E-state index contributed by atoms with van der Waals surface area (Å²) in [6.07, 6.45) is 8.14. The standard InChI is InChI=1S/C16H23BrO/c17-13-16(10-6-1-2-7-11-16)14-18-12-15-8-4-3-5-9-15/h3-5,8-9H,1-2,6-7,10-14H2. The minimum Gasteiger partial charge on any atom is -0.376 e. The molecule has 1 nitrogen and oxygen atoms in total. The third-order valence-corrected chi connectivity index (χ3v) is 5.16. The van der Waals surface area contributed by atoms with Crippen molar-refractivity contribution in [2.75, 3.05) is 11.9 Å². The molecular weight excluding hydrogens is 288 g/mol. The number of hydrogen-bond acceptors (Lipinski definition) is 1. The summed E-state index contributed by atoms with van der Waals surface area (Å²) in [6.45, 7) is 1.64. The zero-order valence-electron chi connectivity index (χ0n) is 11.0. The molecule has 1 aliphatic carbocycles. The molecule has 1 fully saturated rings. The molecule has 0 N–H and O–H groups in total.